The summed E-state index contributed by atoms with van der Waals surface area (Å²) in [5.74, 6) is 2.50. The fourth-order valence-corrected chi connectivity index (χ4v) is 1.99. The maximum Gasteiger partial charge on any atom is 0.248 e. The van der Waals surface area contributed by atoms with Crippen molar-refractivity contribution in [2.24, 2.45) is 4.99 Å². The first-order valence-corrected chi connectivity index (χ1v) is 6.39. The zero-order chi connectivity index (χ0) is 14.7. The molecule has 2 atom stereocenters. The number of benzene rings is 1. The van der Waals surface area contributed by atoms with E-state index in [1.807, 2.05) is 6.92 Å². The summed E-state index contributed by atoms with van der Waals surface area (Å²) in [6.07, 6.45) is 4.89. The minimum atomic E-state index is -0.600. The van der Waals surface area contributed by atoms with E-state index in [2.05, 4.69) is 16.2 Å². The number of likely N-dealkylation sites (N-methyl/N-ethyl adjacent to an activating group) is 1. The Morgan fingerprint density at radius 2 is 2.35 bits per heavy atom. The number of terminal acetylenes is 1. The van der Waals surface area contributed by atoms with Gasteiger partial charge in [0.1, 0.15) is 11.9 Å². The molecule has 2 rings (SSSR count). The molecule has 2 N–H and O–H groups in total. The lowest BCUT2D eigenvalue weighted by Gasteiger charge is -2.12. The number of ether oxygens (including phenoxy) is 1. The molecule has 0 spiro atoms. The van der Waals surface area contributed by atoms with Crippen molar-refractivity contribution in [2.75, 3.05) is 6.54 Å². The molecule has 1 amide bonds. The molecule has 0 aromatic heterocycles. The number of nitrogens with one attached hydrogen (secondary N) is 1. The van der Waals surface area contributed by atoms with Gasteiger partial charge in [-0.3, -0.25) is 4.79 Å². The fourth-order valence-electron chi connectivity index (χ4n) is 1.99. The van der Waals surface area contributed by atoms with Crippen LogP contribution in [0.3, 0.4) is 0 Å². The van der Waals surface area contributed by atoms with E-state index in [-0.39, 0.29) is 23.7 Å². The molecule has 0 radical (unpaired) electrons. The number of rotatable bonds is 3. The second-order valence-corrected chi connectivity index (χ2v) is 4.47. The monoisotopic (exact) mass is 272 g/mol. The molecular weight excluding hydrogens is 256 g/mol. The molecule has 1 heterocycles. The van der Waals surface area contributed by atoms with Gasteiger partial charge in [0, 0.05) is 12.1 Å². The lowest BCUT2D eigenvalue weighted by Crippen LogP contribution is -2.38. The van der Waals surface area contributed by atoms with Crippen LogP contribution in [0.25, 0.3) is 0 Å². The van der Waals surface area contributed by atoms with Crippen LogP contribution in [0.1, 0.15) is 25.0 Å². The third kappa shape index (κ3) is 2.59. The number of hydrogen-bond acceptors (Lipinski definition) is 4. The van der Waals surface area contributed by atoms with E-state index in [0.29, 0.717) is 17.7 Å². The zero-order valence-corrected chi connectivity index (χ0v) is 11.4. The molecule has 0 saturated carbocycles. The Hall–Kier alpha value is -2.48. The molecule has 0 aliphatic carbocycles. The molecule has 104 valence electrons. The molecule has 0 unspecified atom stereocenters. The second-order valence-electron chi connectivity index (χ2n) is 4.47. The molecule has 1 aromatic rings. The van der Waals surface area contributed by atoms with E-state index < -0.39 is 6.04 Å². The van der Waals surface area contributed by atoms with Gasteiger partial charge < -0.3 is 15.2 Å². The van der Waals surface area contributed by atoms with Gasteiger partial charge >= 0.3 is 0 Å². The van der Waals surface area contributed by atoms with Gasteiger partial charge in [-0.1, -0.05) is 5.92 Å². The van der Waals surface area contributed by atoms with Crippen LogP contribution in [0.4, 0.5) is 0 Å². The van der Waals surface area contributed by atoms with Crippen molar-refractivity contribution < 1.29 is 14.6 Å². The second kappa shape index (κ2) is 5.66. The van der Waals surface area contributed by atoms with Gasteiger partial charge in [0.15, 0.2) is 6.04 Å². The van der Waals surface area contributed by atoms with E-state index >= 15 is 0 Å². The average Bonchev–Trinajstić information content (AvgIpc) is 2.80. The Kier molecular flexibility index (Phi) is 3.94. The van der Waals surface area contributed by atoms with Gasteiger partial charge in [-0.2, -0.15) is 0 Å². The third-order valence-corrected chi connectivity index (χ3v) is 3.01. The summed E-state index contributed by atoms with van der Waals surface area (Å²) < 4.78 is 5.56. The van der Waals surface area contributed by atoms with E-state index in [4.69, 9.17) is 11.2 Å². The maximum absolute atomic E-state index is 11.8. The Bertz CT molecular complexity index is 602. The van der Waals surface area contributed by atoms with Crippen molar-refractivity contribution >= 4 is 11.8 Å². The number of phenolic OH excluding ortho intramolecular Hbond substituents is 1. The van der Waals surface area contributed by atoms with Crippen molar-refractivity contribution in [2.45, 2.75) is 26.0 Å². The third-order valence-electron chi connectivity index (χ3n) is 3.01. The first kappa shape index (κ1) is 13.9. The predicted molar refractivity (Wildman–Crippen MR) is 75.6 cm³/mol. The van der Waals surface area contributed by atoms with Crippen molar-refractivity contribution in [1.29, 1.82) is 0 Å². The Morgan fingerprint density at radius 1 is 1.60 bits per heavy atom. The Balaban J connectivity index is 2.28. The smallest absolute Gasteiger partial charge is 0.248 e. The maximum atomic E-state index is 11.8. The molecule has 5 heteroatoms. The van der Waals surface area contributed by atoms with Gasteiger partial charge in [-0.15, -0.1) is 6.42 Å². The molecule has 1 aliphatic heterocycles. The van der Waals surface area contributed by atoms with Crippen molar-refractivity contribution in [3.8, 4) is 18.1 Å². The zero-order valence-electron chi connectivity index (χ0n) is 11.4. The number of carbonyl (C=O) groups is 1. The predicted octanol–water partition coefficient (Wildman–Crippen LogP) is 1.04. The quantitative estimate of drug-likeness (QED) is 0.808. The SMILES string of the molecule is C#Cc1ccc(C2=N[C@@H](C(=O)NCC)[C@@H](C)O2)c(O)c1. The van der Waals surface area contributed by atoms with Crippen LogP contribution in [0, 0.1) is 12.3 Å². The van der Waals surface area contributed by atoms with Gasteiger partial charge in [-0.05, 0) is 32.0 Å². The number of phenols is 1. The fraction of sp³-hybridized carbons (Fsp3) is 0.333. The van der Waals surface area contributed by atoms with Crippen LogP contribution in [-0.2, 0) is 9.53 Å². The summed E-state index contributed by atoms with van der Waals surface area (Å²) in [6, 6.07) is 4.18. The Labute approximate surface area is 117 Å². The van der Waals surface area contributed by atoms with Gasteiger partial charge in [0.25, 0.3) is 0 Å². The molecular formula is C15H16N2O3. The minimum Gasteiger partial charge on any atom is -0.507 e. The van der Waals surface area contributed by atoms with E-state index in [0.717, 1.165) is 0 Å². The number of hydrogen-bond donors (Lipinski definition) is 2. The topological polar surface area (TPSA) is 70.9 Å². The molecule has 20 heavy (non-hydrogen) atoms. The highest BCUT2D eigenvalue weighted by molar-refractivity contribution is 6.00. The highest BCUT2D eigenvalue weighted by Gasteiger charge is 2.34. The van der Waals surface area contributed by atoms with Crippen LogP contribution in [0.15, 0.2) is 23.2 Å². The summed E-state index contributed by atoms with van der Waals surface area (Å²) in [7, 11) is 0. The normalized spacial score (nSPS) is 20.8. The lowest BCUT2D eigenvalue weighted by atomic mass is 10.1. The summed E-state index contributed by atoms with van der Waals surface area (Å²) >= 11 is 0. The van der Waals surface area contributed by atoms with E-state index in [1.165, 1.54) is 6.07 Å². The standard InChI is InChI=1S/C15H16N2O3/c1-4-10-6-7-11(12(18)8-10)15-17-13(9(3)20-15)14(19)16-5-2/h1,6-9,13,18H,5H2,2-3H3,(H,16,19)/t9-,13-/m1/s1. The summed E-state index contributed by atoms with van der Waals surface area (Å²) in [4.78, 5) is 16.1. The molecule has 0 bridgehead atoms. The highest BCUT2D eigenvalue weighted by atomic mass is 16.5. The number of amides is 1. The van der Waals surface area contributed by atoms with Crippen LogP contribution in [0.2, 0.25) is 0 Å². The van der Waals surface area contributed by atoms with Gasteiger partial charge in [0.05, 0.1) is 5.56 Å². The summed E-state index contributed by atoms with van der Waals surface area (Å²) in [5, 5.41) is 12.6. The minimum absolute atomic E-state index is 0.0112. The number of aliphatic imine (C=N–C) groups is 1. The number of aromatic hydroxyl groups is 1. The average molecular weight is 272 g/mol. The first-order valence-electron chi connectivity index (χ1n) is 6.39. The largest absolute Gasteiger partial charge is 0.507 e. The van der Waals surface area contributed by atoms with Crippen molar-refractivity contribution in [3.05, 3.63) is 29.3 Å². The lowest BCUT2D eigenvalue weighted by molar-refractivity contribution is -0.123. The van der Waals surface area contributed by atoms with Crippen LogP contribution < -0.4 is 5.32 Å². The van der Waals surface area contributed by atoms with E-state index in [9.17, 15) is 9.90 Å². The number of nitrogens with zero attached hydrogens (tertiary/aromatic N) is 1. The molecule has 0 saturated heterocycles. The first-order chi connectivity index (χ1) is 9.56. The molecule has 1 aromatic carbocycles. The number of carbonyl (C=O) groups excluding carboxylic acids is 1. The highest BCUT2D eigenvalue weighted by Crippen LogP contribution is 2.25. The van der Waals surface area contributed by atoms with Gasteiger partial charge in [0.2, 0.25) is 11.8 Å². The molecule has 1 aliphatic rings. The summed E-state index contributed by atoms with van der Waals surface area (Å²) in [6.45, 7) is 4.14. The Morgan fingerprint density at radius 3 is 2.95 bits per heavy atom. The van der Waals surface area contributed by atoms with Crippen LogP contribution >= 0.6 is 0 Å². The summed E-state index contributed by atoms with van der Waals surface area (Å²) in [5.41, 5.74) is 1.00. The van der Waals surface area contributed by atoms with E-state index in [1.54, 1.807) is 19.1 Å². The van der Waals surface area contributed by atoms with Crippen molar-refractivity contribution in [3.63, 3.8) is 0 Å². The van der Waals surface area contributed by atoms with Crippen LogP contribution in [-0.4, -0.2) is 35.6 Å². The molecule has 0 fully saturated rings. The van der Waals surface area contributed by atoms with Gasteiger partial charge in [-0.25, -0.2) is 4.99 Å². The molecule has 5 nitrogen and oxygen atoms in total. The van der Waals surface area contributed by atoms with Crippen molar-refractivity contribution in [1.82, 2.24) is 5.32 Å². The van der Waals surface area contributed by atoms with Crippen LogP contribution in [0.5, 0.6) is 5.75 Å².